The molecule has 0 aliphatic carbocycles. The van der Waals surface area contributed by atoms with Crippen molar-refractivity contribution in [3.63, 3.8) is 0 Å². The fourth-order valence-electron chi connectivity index (χ4n) is 2.95. The molecule has 0 amide bonds. The summed E-state index contributed by atoms with van der Waals surface area (Å²) >= 11 is 0. The highest BCUT2D eigenvalue weighted by Gasteiger charge is 2.19. The fraction of sp³-hybridized carbons (Fsp3) is 0.864. The molecule has 0 spiro atoms. The zero-order valence-electron chi connectivity index (χ0n) is 17.7. The van der Waals surface area contributed by atoms with Crippen molar-refractivity contribution in [1.82, 2.24) is 0 Å². The highest BCUT2D eigenvalue weighted by Crippen LogP contribution is 2.15. The maximum Gasteiger partial charge on any atom is 0.292 e. The Morgan fingerprint density at radius 1 is 0.920 bits per heavy atom. The standard InChI is InChI=1S/C22H44O2Si/c1-6-7-8-12-15-18-21(2)19-16-13-10-9-11-14-17-20-22(23)24-25(3,4)5/h15,18,21H,6-14,16-17,19-20H2,1-5H3/b18-15+. The first-order chi connectivity index (χ1) is 11.8. The van der Waals surface area contributed by atoms with Crippen molar-refractivity contribution in [3.05, 3.63) is 12.2 Å². The summed E-state index contributed by atoms with van der Waals surface area (Å²) < 4.78 is 5.46. The molecule has 0 aromatic rings. The molecule has 0 radical (unpaired) electrons. The summed E-state index contributed by atoms with van der Waals surface area (Å²) in [6.45, 7) is 10.8. The molecule has 148 valence electrons. The monoisotopic (exact) mass is 368 g/mol. The van der Waals surface area contributed by atoms with E-state index in [1.54, 1.807) is 0 Å². The van der Waals surface area contributed by atoms with Gasteiger partial charge in [-0.2, -0.15) is 0 Å². The van der Waals surface area contributed by atoms with Crippen molar-refractivity contribution in [2.75, 3.05) is 0 Å². The van der Waals surface area contributed by atoms with Crippen LogP contribution in [0.3, 0.4) is 0 Å². The molecular formula is C22H44O2Si. The third kappa shape index (κ3) is 19.6. The average molecular weight is 369 g/mol. The summed E-state index contributed by atoms with van der Waals surface area (Å²) in [5.41, 5.74) is 0. The summed E-state index contributed by atoms with van der Waals surface area (Å²) in [5, 5.41) is 0. The molecule has 1 unspecified atom stereocenters. The molecule has 0 bridgehead atoms. The maximum atomic E-state index is 11.6. The van der Waals surface area contributed by atoms with Gasteiger partial charge in [0, 0.05) is 6.42 Å². The summed E-state index contributed by atoms with van der Waals surface area (Å²) in [7, 11) is -1.69. The number of hydrogen-bond donors (Lipinski definition) is 0. The Morgan fingerprint density at radius 3 is 2.12 bits per heavy atom. The Morgan fingerprint density at radius 2 is 1.52 bits per heavy atom. The molecule has 1 atom stereocenters. The van der Waals surface area contributed by atoms with Gasteiger partial charge in [-0.15, -0.1) is 0 Å². The van der Waals surface area contributed by atoms with Gasteiger partial charge < -0.3 is 4.43 Å². The minimum atomic E-state index is -1.69. The van der Waals surface area contributed by atoms with E-state index in [0.717, 1.165) is 18.8 Å². The van der Waals surface area contributed by atoms with E-state index in [2.05, 4.69) is 45.6 Å². The second-order valence-corrected chi connectivity index (χ2v) is 12.9. The second-order valence-electron chi connectivity index (χ2n) is 8.50. The zero-order valence-corrected chi connectivity index (χ0v) is 18.7. The van der Waals surface area contributed by atoms with Crippen LogP contribution in [0.5, 0.6) is 0 Å². The van der Waals surface area contributed by atoms with Gasteiger partial charge >= 0.3 is 0 Å². The van der Waals surface area contributed by atoms with E-state index in [-0.39, 0.29) is 5.97 Å². The largest absolute Gasteiger partial charge is 0.520 e. The number of hydrogen-bond acceptors (Lipinski definition) is 2. The number of carbonyl (C=O) groups excluding carboxylic acids is 1. The molecule has 0 aliphatic heterocycles. The van der Waals surface area contributed by atoms with E-state index >= 15 is 0 Å². The van der Waals surface area contributed by atoms with Gasteiger partial charge in [-0.3, -0.25) is 4.79 Å². The number of rotatable bonds is 16. The molecule has 0 saturated carbocycles. The van der Waals surface area contributed by atoms with E-state index in [1.807, 2.05) is 0 Å². The van der Waals surface area contributed by atoms with Crippen LogP contribution >= 0.6 is 0 Å². The van der Waals surface area contributed by atoms with Gasteiger partial charge in [-0.25, -0.2) is 0 Å². The topological polar surface area (TPSA) is 26.3 Å². The summed E-state index contributed by atoms with van der Waals surface area (Å²) in [6, 6.07) is 0. The van der Waals surface area contributed by atoms with E-state index in [9.17, 15) is 4.79 Å². The second kappa shape index (κ2) is 15.7. The van der Waals surface area contributed by atoms with Crippen LogP contribution in [-0.4, -0.2) is 14.3 Å². The van der Waals surface area contributed by atoms with Crippen LogP contribution in [0.2, 0.25) is 19.6 Å². The molecule has 3 heteroatoms. The van der Waals surface area contributed by atoms with Gasteiger partial charge in [0.05, 0.1) is 0 Å². The van der Waals surface area contributed by atoms with Crippen molar-refractivity contribution in [1.29, 1.82) is 0 Å². The van der Waals surface area contributed by atoms with Gasteiger partial charge in [-0.1, -0.05) is 77.4 Å². The van der Waals surface area contributed by atoms with Crippen molar-refractivity contribution >= 4 is 14.3 Å². The average Bonchev–Trinajstić information content (AvgIpc) is 2.51. The first kappa shape index (κ1) is 24.4. The van der Waals surface area contributed by atoms with Gasteiger partial charge in [0.15, 0.2) is 0 Å². The molecule has 0 N–H and O–H groups in total. The third-order valence-electron chi connectivity index (χ3n) is 4.40. The molecule has 2 nitrogen and oxygen atoms in total. The van der Waals surface area contributed by atoms with Crippen LogP contribution in [0.1, 0.15) is 97.3 Å². The Kier molecular flexibility index (Phi) is 15.3. The molecule has 0 aromatic carbocycles. The lowest BCUT2D eigenvalue weighted by atomic mass is 10.0. The summed E-state index contributed by atoms with van der Waals surface area (Å²) in [5.74, 6) is 0.745. The fourth-order valence-corrected chi connectivity index (χ4v) is 3.73. The highest BCUT2D eigenvalue weighted by atomic mass is 28.4. The molecular weight excluding hydrogens is 324 g/mol. The quantitative estimate of drug-likeness (QED) is 0.159. The van der Waals surface area contributed by atoms with E-state index in [1.165, 1.54) is 64.2 Å². The maximum absolute atomic E-state index is 11.6. The van der Waals surface area contributed by atoms with Gasteiger partial charge in [0.2, 0.25) is 8.32 Å². The molecule has 0 rings (SSSR count). The zero-order chi connectivity index (χ0) is 19.0. The van der Waals surface area contributed by atoms with E-state index in [0.29, 0.717) is 6.42 Å². The van der Waals surface area contributed by atoms with E-state index in [4.69, 9.17) is 4.43 Å². The summed E-state index contributed by atoms with van der Waals surface area (Å²) in [6.07, 6.45) is 20.8. The smallest absolute Gasteiger partial charge is 0.292 e. The predicted octanol–water partition coefficient (Wildman–Crippen LogP) is 7.65. The third-order valence-corrected chi connectivity index (χ3v) is 5.24. The Balaban J connectivity index is 3.37. The first-order valence-electron chi connectivity index (χ1n) is 10.7. The van der Waals surface area contributed by atoms with Crippen LogP contribution in [0.4, 0.5) is 0 Å². The molecule has 0 saturated heterocycles. The minimum Gasteiger partial charge on any atom is -0.520 e. The molecule has 25 heavy (non-hydrogen) atoms. The lowest BCUT2D eigenvalue weighted by molar-refractivity contribution is -0.135. The highest BCUT2D eigenvalue weighted by molar-refractivity contribution is 6.71. The Labute approximate surface area is 158 Å². The Bertz CT molecular complexity index is 344. The summed E-state index contributed by atoms with van der Waals surface area (Å²) in [4.78, 5) is 11.6. The van der Waals surface area contributed by atoms with Crippen LogP contribution in [0.25, 0.3) is 0 Å². The van der Waals surface area contributed by atoms with Gasteiger partial charge in [-0.05, 0) is 51.2 Å². The number of carbonyl (C=O) groups is 1. The van der Waals surface area contributed by atoms with Crippen LogP contribution in [-0.2, 0) is 9.22 Å². The Hall–Kier alpha value is -0.573. The van der Waals surface area contributed by atoms with Crippen LogP contribution in [0.15, 0.2) is 12.2 Å². The lowest BCUT2D eigenvalue weighted by Gasteiger charge is -2.17. The molecule has 0 fully saturated rings. The van der Waals surface area contributed by atoms with Crippen molar-refractivity contribution in [3.8, 4) is 0 Å². The molecule has 0 aliphatic rings. The number of unbranched alkanes of at least 4 members (excludes halogenated alkanes) is 9. The van der Waals surface area contributed by atoms with Gasteiger partial charge in [0.25, 0.3) is 5.97 Å². The molecule has 0 aromatic heterocycles. The SMILES string of the molecule is CCCCC/C=C/C(C)CCCCCCCCCC(=O)O[Si](C)(C)C. The lowest BCUT2D eigenvalue weighted by Crippen LogP contribution is -2.28. The molecule has 0 heterocycles. The normalized spacial score (nSPS) is 13.3. The first-order valence-corrected chi connectivity index (χ1v) is 14.1. The van der Waals surface area contributed by atoms with Crippen molar-refractivity contribution < 1.29 is 9.22 Å². The van der Waals surface area contributed by atoms with E-state index < -0.39 is 8.32 Å². The minimum absolute atomic E-state index is 0.0101. The number of allylic oxidation sites excluding steroid dienone is 2. The van der Waals surface area contributed by atoms with Crippen LogP contribution < -0.4 is 0 Å². The van der Waals surface area contributed by atoms with Crippen molar-refractivity contribution in [2.45, 2.75) is 117 Å². The van der Waals surface area contributed by atoms with Gasteiger partial charge in [0.1, 0.15) is 0 Å². The van der Waals surface area contributed by atoms with Crippen molar-refractivity contribution in [2.24, 2.45) is 5.92 Å². The van der Waals surface area contributed by atoms with Crippen LogP contribution in [0, 0.1) is 5.92 Å². The predicted molar refractivity (Wildman–Crippen MR) is 113 cm³/mol.